The van der Waals surface area contributed by atoms with Gasteiger partial charge in [-0.05, 0) is 24.3 Å². The Balaban J connectivity index is 1.76. The fourth-order valence-electron chi connectivity index (χ4n) is 3.11. The summed E-state index contributed by atoms with van der Waals surface area (Å²) in [5.41, 5.74) is 0.834. The summed E-state index contributed by atoms with van der Waals surface area (Å²) in [5, 5.41) is 0.367. The highest BCUT2D eigenvalue weighted by molar-refractivity contribution is 8.04. The molecule has 2 heterocycles. The van der Waals surface area contributed by atoms with Crippen molar-refractivity contribution in [1.82, 2.24) is 4.90 Å². The molecule has 0 bridgehead atoms. The minimum absolute atomic E-state index is 0.339. The molecule has 2 amide bonds. The van der Waals surface area contributed by atoms with Crippen molar-refractivity contribution in [3.63, 3.8) is 0 Å². The molecule has 1 fully saturated rings. The minimum atomic E-state index is -0.344. The molecular formula is C20H17ClN2O3S. The Morgan fingerprint density at radius 1 is 0.889 bits per heavy atom. The normalized spacial score (nSPS) is 17.8. The number of para-hydroxylation sites is 1. The molecule has 2 aliphatic heterocycles. The van der Waals surface area contributed by atoms with Gasteiger partial charge in [0.25, 0.3) is 11.8 Å². The number of hydrogen-bond donors (Lipinski definition) is 0. The third kappa shape index (κ3) is 3.48. The first-order valence-corrected chi connectivity index (χ1v) is 9.79. The number of ether oxygens (including phenoxy) is 1. The van der Waals surface area contributed by atoms with Gasteiger partial charge in [0, 0.05) is 18.0 Å². The second-order valence-corrected chi connectivity index (χ2v) is 7.58. The SMILES string of the molecule is O=C1C(Sc2ccccc2)=C(N2CCOCC2)C(=O)N1c1ccccc1Cl. The zero-order valence-corrected chi connectivity index (χ0v) is 16.0. The molecule has 0 aliphatic carbocycles. The lowest BCUT2D eigenvalue weighted by Crippen LogP contribution is -2.40. The molecule has 0 saturated carbocycles. The lowest BCUT2D eigenvalue weighted by atomic mass is 10.3. The first kappa shape index (κ1) is 18.1. The third-order valence-corrected chi connectivity index (χ3v) is 5.80. The van der Waals surface area contributed by atoms with Gasteiger partial charge < -0.3 is 9.64 Å². The molecule has 0 aromatic heterocycles. The summed E-state index contributed by atoms with van der Waals surface area (Å²) in [6, 6.07) is 16.5. The number of anilines is 1. The van der Waals surface area contributed by atoms with Crippen LogP contribution in [0.3, 0.4) is 0 Å². The van der Waals surface area contributed by atoms with E-state index in [9.17, 15) is 9.59 Å². The Labute approximate surface area is 166 Å². The lowest BCUT2D eigenvalue weighted by molar-refractivity contribution is -0.121. The van der Waals surface area contributed by atoms with E-state index >= 15 is 0 Å². The number of benzene rings is 2. The Bertz CT molecular complexity index is 910. The van der Waals surface area contributed by atoms with E-state index in [0.717, 1.165) is 4.90 Å². The van der Waals surface area contributed by atoms with Crippen molar-refractivity contribution in [3.8, 4) is 0 Å². The van der Waals surface area contributed by atoms with Gasteiger partial charge in [-0.15, -0.1) is 0 Å². The van der Waals surface area contributed by atoms with Crippen LogP contribution in [0.15, 0.2) is 70.1 Å². The van der Waals surface area contributed by atoms with Crippen molar-refractivity contribution in [1.29, 1.82) is 0 Å². The summed E-state index contributed by atoms with van der Waals surface area (Å²) >= 11 is 7.58. The molecule has 0 unspecified atom stereocenters. The van der Waals surface area contributed by atoms with E-state index in [-0.39, 0.29) is 11.8 Å². The van der Waals surface area contributed by atoms with E-state index in [4.69, 9.17) is 16.3 Å². The Morgan fingerprint density at radius 2 is 1.56 bits per heavy atom. The molecule has 2 aromatic rings. The van der Waals surface area contributed by atoms with Crippen molar-refractivity contribution in [2.24, 2.45) is 0 Å². The van der Waals surface area contributed by atoms with Crippen molar-refractivity contribution >= 4 is 40.9 Å². The van der Waals surface area contributed by atoms with E-state index in [1.54, 1.807) is 24.3 Å². The van der Waals surface area contributed by atoms with Crippen LogP contribution in [0.25, 0.3) is 0 Å². The molecule has 27 heavy (non-hydrogen) atoms. The van der Waals surface area contributed by atoms with Gasteiger partial charge in [-0.3, -0.25) is 9.59 Å². The standard InChI is InChI=1S/C20H17ClN2O3S/c21-15-8-4-5-9-16(15)23-19(24)17(22-10-12-26-13-11-22)18(20(23)25)27-14-6-2-1-3-7-14/h1-9H,10-13H2. The number of carbonyl (C=O) groups excluding carboxylic acids is 2. The number of nitrogens with zero attached hydrogens (tertiary/aromatic N) is 2. The second-order valence-electron chi connectivity index (χ2n) is 6.09. The van der Waals surface area contributed by atoms with Crippen molar-refractivity contribution in [2.75, 3.05) is 31.2 Å². The molecule has 0 radical (unpaired) electrons. The van der Waals surface area contributed by atoms with Gasteiger partial charge >= 0.3 is 0 Å². The van der Waals surface area contributed by atoms with Crippen LogP contribution in [0.4, 0.5) is 5.69 Å². The number of thioether (sulfide) groups is 1. The van der Waals surface area contributed by atoms with Crippen LogP contribution in [0, 0.1) is 0 Å². The molecule has 4 rings (SSSR count). The fourth-order valence-corrected chi connectivity index (χ4v) is 4.36. The summed E-state index contributed by atoms with van der Waals surface area (Å²) < 4.78 is 5.40. The van der Waals surface area contributed by atoms with E-state index in [1.165, 1.54) is 16.7 Å². The summed E-state index contributed by atoms with van der Waals surface area (Å²) in [5.74, 6) is -0.683. The van der Waals surface area contributed by atoms with Crippen LogP contribution in [-0.4, -0.2) is 43.0 Å². The van der Waals surface area contributed by atoms with Gasteiger partial charge in [-0.1, -0.05) is 53.7 Å². The molecule has 2 aromatic carbocycles. The first-order chi connectivity index (χ1) is 13.2. The molecule has 5 nitrogen and oxygen atoms in total. The van der Waals surface area contributed by atoms with Crippen molar-refractivity contribution in [2.45, 2.75) is 4.90 Å². The summed E-state index contributed by atoms with van der Waals surface area (Å²) in [6.45, 7) is 2.20. The number of imide groups is 1. The fraction of sp³-hybridized carbons (Fsp3) is 0.200. The highest BCUT2D eigenvalue weighted by atomic mass is 35.5. The Kier molecular flexibility index (Phi) is 5.20. The Morgan fingerprint density at radius 3 is 2.26 bits per heavy atom. The van der Waals surface area contributed by atoms with E-state index < -0.39 is 0 Å². The number of amides is 2. The number of morpholine rings is 1. The van der Waals surface area contributed by atoms with Crippen LogP contribution in [0.2, 0.25) is 5.02 Å². The molecule has 1 saturated heterocycles. The number of halogens is 1. The number of hydrogen-bond acceptors (Lipinski definition) is 5. The minimum Gasteiger partial charge on any atom is -0.378 e. The predicted octanol–water partition coefficient (Wildman–Crippen LogP) is 3.55. The average molecular weight is 401 g/mol. The molecule has 7 heteroatoms. The first-order valence-electron chi connectivity index (χ1n) is 8.60. The molecule has 138 valence electrons. The largest absolute Gasteiger partial charge is 0.378 e. The highest BCUT2D eigenvalue weighted by Gasteiger charge is 2.43. The van der Waals surface area contributed by atoms with Gasteiger partial charge in [0.15, 0.2) is 0 Å². The maximum Gasteiger partial charge on any atom is 0.283 e. The van der Waals surface area contributed by atoms with Gasteiger partial charge in [-0.25, -0.2) is 4.90 Å². The topological polar surface area (TPSA) is 49.9 Å². The van der Waals surface area contributed by atoms with Crippen LogP contribution in [0.1, 0.15) is 0 Å². The average Bonchev–Trinajstić information content (AvgIpc) is 2.94. The zero-order valence-electron chi connectivity index (χ0n) is 14.4. The molecular weight excluding hydrogens is 384 g/mol. The number of carbonyl (C=O) groups is 2. The monoisotopic (exact) mass is 400 g/mol. The van der Waals surface area contributed by atoms with Gasteiger partial charge in [-0.2, -0.15) is 0 Å². The van der Waals surface area contributed by atoms with E-state index in [0.29, 0.717) is 47.6 Å². The van der Waals surface area contributed by atoms with Crippen molar-refractivity contribution in [3.05, 3.63) is 70.2 Å². The third-order valence-electron chi connectivity index (χ3n) is 4.40. The van der Waals surface area contributed by atoms with Crippen LogP contribution in [-0.2, 0) is 14.3 Å². The van der Waals surface area contributed by atoms with Crippen molar-refractivity contribution < 1.29 is 14.3 Å². The van der Waals surface area contributed by atoms with Crippen LogP contribution < -0.4 is 4.90 Å². The summed E-state index contributed by atoms with van der Waals surface area (Å²) in [6.07, 6.45) is 0. The lowest BCUT2D eigenvalue weighted by Gasteiger charge is -2.29. The van der Waals surface area contributed by atoms with Gasteiger partial charge in [0.05, 0.1) is 23.9 Å². The van der Waals surface area contributed by atoms with Gasteiger partial charge in [0.2, 0.25) is 0 Å². The second kappa shape index (κ2) is 7.76. The molecule has 2 aliphatic rings. The predicted molar refractivity (Wildman–Crippen MR) is 106 cm³/mol. The maximum absolute atomic E-state index is 13.3. The maximum atomic E-state index is 13.3. The smallest absolute Gasteiger partial charge is 0.283 e. The Hall–Kier alpha value is -2.28. The summed E-state index contributed by atoms with van der Waals surface area (Å²) in [7, 11) is 0. The summed E-state index contributed by atoms with van der Waals surface area (Å²) in [4.78, 5) is 30.9. The van der Waals surface area contributed by atoms with Crippen LogP contribution >= 0.6 is 23.4 Å². The zero-order chi connectivity index (χ0) is 18.8. The molecule has 0 N–H and O–H groups in total. The highest BCUT2D eigenvalue weighted by Crippen LogP contribution is 2.40. The van der Waals surface area contributed by atoms with E-state index in [2.05, 4.69) is 0 Å². The molecule has 0 spiro atoms. The quantitative estimate of drug-likeness (QED) is 0.734. The van der Waals surface area contributed by atoms with Crippen LogP contribution in [0.5, 0.6) is 0 Å². The van der Waals surface area contributed by atoms with E-state index in [1.807, 2.05) is 35.2 Å². The van der Waals surface area contributed by atoms with Gasteiger partial charge in [0.1, 0.15) is 10.6 Å². The molecule has 0 atom stereocenters. The number of rotatable bonds is 4.